The number of hydrogen-bond acceptors (Lipinski definition) is 5. The fourth-order valence-corrected chi connectivity index (χ4v) is 3.94. The number of aromatic carboxylic acids is 1. The van der Waals surface area contributed by atoms with Gasteiger partial charge in [-0.3, -0.25) is 9.36 Å². The van der Waals surface area contributed by atoms with Crippen molar-refractivity contribution in [1.82, 2.24) is 14.1 Å². The summed E-state index contributed by atoms with van der Waals surface area (Å²) in [4.78, 5) is 27.6. The first-order valence-electron chi connectivity index (χ1n) is 10.1. The Labute approximate surface area is 188 Å². The summed E-state index contributed by atoms with van der Waals surface area (Å²) in [7, 11) is -0.0781. The van der Waals surface area contributed by atoms with Crippen molar-refractivity contribution in [2.45, 2.75) is 38.6 Å². The Hall–Kier alpha value is -3.12. The number of aromatic nitrogens is 3. The smallest absolute Gasteiger partial charge is 0.431 e. The topological polar surface area (TPSA) is 98.4 Å². The predicted octanol–water partition coefficient (Wildman–Crippen LogP) is 4.51. The summed E-state index contributed by atoms with van der Waals surface area (Å²) in [5.74, 6) is -1.08. The summed E-state index contributed by atoms with van der Waals surface area (Å²) < 4.78 is 48.0. The Kier molecular flexibility index (Phi) is 6.70. The summed E-state index contributed by atoms with van der Waals surface area (Å²) in [5.41, 5.74) is -1.61. The molecule has 0 aliphatic rings. The van der Waals surface area contributed by atoms with Crippen LogP contribution in [0.1, 0.15) is 16.2 Å². The summed E-state index contributed by atoms with van der Waals surface area (Å²) in [6, 6.07) is 5.81. The molecule has 8 nitrogen and oxygen atoms in total. The standard InChI is InChI=1S/C21H25F3N4O4Si/c1-27-16-9-13(5-6-14(16)17(29)10-18(27)21(22,23)24)25-20-26-15(19(30)31)11-28(20)12-32-7-8-33(2,3)4/h5-6,9-11H,7-8,12H2,1-4H3,(H,25,26)(H,30,31). The third-order valence-electron chi connectivity index (χ3n) is 5.02. The van der Waals surface area contributed by atoms with E-state index in [-0.39, 0.29) is 29.3 Å². The maximum Gasteiger partial charge on any atom is 0.431 e. The fourth-order valence-electron chi connectivity index (χ4n) is 3.18. The lowest BCUT2D eigenvalue weighted by atomic mass is 10.1. The molecule has 0 aliphatic carbocycles. The minimum Gasteiger partial charge on any atom is -0.476 e. The number of carbonyl (C=O) groups is 1. The van der Waals surface area contributed by atoms with Crippen molar-refractivity contribution in [3.05, 3.63) is 52.1 Å². The number of alkyl halides is 3. The minimum absolute atomic E-state index is 0.0530. The lowest BCUT2D eigenvalue weighted by Gasteiger charge is -2.17. The van der Waals surface area contributed by atoms with Gasteiger partial charge >= 0.3 is 12.1 Å². The average molecular weight is 483 g/mol. The number of nitrogens with zero attached hydrogens (tertiary/aromatic N) is 3. The average Bonchev–Trinajstić information content (AvgIpc) is 3.09. The highest BCUT2D eigenvalue weighted by Gasteiger charge is 2.34. The van der Waals surface area contributed by atoms with Gasteiger partial charge in [0.05, 0.1) is 5.52 Å². The van der Waals surface area contributed by atoms with Crippen molar-refractivity contribution in [3.63, 3.8) is 0 Å². The molecule has 2 aromatic heterocycles. The van der Waals surface area contributed by atoms with Crippen LogP contribution in [0.5, 0.6) is 0 Å². The third-order valence-corrected chi connectivity index (χ3v) is 6.73. The molecule has 2 heterocycles. The van der Waals surface area contributed by atoms with Crippen molar-refractivity contribution >= 4 is 36.6 Å². The van der Waals surface area contributed by atoms with Gasteiger partial charge in [0.15, 0.2) is 11.1 Å². The largest absolute Gasteiger partial charge is 0.476 e. The van der Waals surface area contributed by atoms with E-state index in [2.05, 4.69) is 29.9 Å². The summed E-state index contributed by atoms with van der Waals surface area (Å²) in [6.07, 6.45) is -3.37. The second kappa shape index (κ2) is 9.02. The molecule has 0 aliphatic heterocycles. The number of carboxylic acid groups (broad SMARTS) is 1. The van der Waals surface area contributed by atoms with E-state index < -0.39 is 31.3 Å². The lowest BCUT2D eigenvalue weighted by molar-refractivity contribution is -0.143. The molecule has 1 aromatic carbocycles. The van der Waals surface area contributed by atoms with Gasteiger partial charge in [-0.25, -0.2) is 9.78 Å². The van der Waals surface area contributed by atoms with Gasteiger partial charge in [-0.1, -0.05) is 19.6 Å². The zero-order valence-electron chi connectivity index (χ0n) is 18.7. The lowest BCUT2D eigenvalue weighted by Crippen LogP contribution is -2.22. The molecule has 3 aromatic rings. The van der Waals surface area contributed by atoms with Crippen LogP contribution in [0.4, 0.5) is 24.8 Å². The Morgan fingerprint density at radius 2 is 1.94 bits per heavy atom. The molecular weight excluding hydrogens is 457 g/mol. The van der Waals surface area contributed by atoms with Gasteiger partial charge in [-0.05, 0) is 24.2 Å². The second-order valence-electron chi connectivity index (χ2n) is 8.88. The minimum atomic E-state index is -4.69. The van der Waals surface area contributed by atoms with E-state index in [9.17, 15) is 27.9 Å². The van der Waals surface area contributed by atoms with Crippen LogP contribution < -0.4 is 10.7 Å². The molecule has 0 amide bonds. The number of rotatable bonds is 8. The number of anilines is 2. The van der Waals surface area contributed by atoms with Gasteiger partial charge in [0.1, 0.15) is 12.4 Å². The second-order valence-corrected chi connectivity index (χ2v) is 14.5. The molecule has 0 saturated heterocycles. The Balaban J connectivity index is 1.93. The molecule has 0 fully saturated rings. The van der Waals surface area contributed by atoms with Gasteiger partial charge in [-0.15, -0.1) is 0 Å². The number of pyridine rings is 1. The van der Waals surface area contributed by atoms with E-state index in [0.29, 0.717) is 18.4 Å². The number of hydrogen-bond donors (Lipinski definition) is 2. The molecule has 0 atom stereocenters. The number of carboxylic acids is 1. The van der Waals surface area contributed by atoms with Crippen LogP contribution in [0.2, 0.25) is 25.7 Å². The number of imidazole rings is 1. The molecule has 12 heteroatoms. The van der Waals surface area contributed by atoms with Crippen molar-refractivity contribution in [2.75, 3.05) is 11.9 Å². The number of ether oxygens (including phenoxy) is 1. The molecular formula is C21H25F3N4O4Si. The third kappa shape index (κ3) is 5.82. The summed E-state index contributed by atoms with van der Waals surface area (Å²) in [5, 5.41) is 12.3. The Morgan fingerprint density at radius 3 is 2.55 bits per heavy atom. The molecule has 0 spiro atoms. The maximum atomic E-state index is 13.3. The van der Waals surface area contributed by atoms with E-state index in [4.69, 9.17) is 4.74 Å². The van der Waals surface area contributed by atoms with Gasteiger partial charge < -0.3 is 19.7 Å². The maximum absolute atomic E-state index is 13.3. The van der Waals surface area contributed by atoms with Gasteiger partial charge in [0.25, 0.3) is 0 Å². The van der Waals surface area contributed by atoms with Crippen molar-refractivity contribution in [1.29, 1.82) is 0 Å². The first kappa shape index (κ1) is 24.5. The van der Waals surface area contributed by atoms with E-state index in [1.54, 1.807) is 0 Å². The molecule has 0 bridgehead atoms. The fraction of sp³-hybridized carbons (Fsp3) is 0.381. The van der Waals surface area contributed by atoms with Gasteiger partial charge in [0.2, 0.25) is 5.95 Å². The monoisotopic (exact) mass is 482 g/mol. The van der Waals surface area contributed by atoms with Crippen molar-refractivity contribution in [2.24, 2.45) is 7.05 Å². The number of nitrogens with one attached hydrogen (secondary N) is 1. The molecule has 0 saturated carbocycles. The van der Waals surface area contributed by atoms with Crippen LogP contribution in [-0.2, 0) is 24.7 Å². The van der Waals surface area contributed by atoms with Crippen LogP contribution in [0.25, 0.3) is 10.9 Å². The Morgan fingerprint density at radius 1 is 1.24 bits per heavy atom. The van der Waals surface area contributed by atoms with E-state index in [1.807, 2.05) is 0 Å². The molecule has 178 valence electrons. The summed E-state index contributed by atoms with van der Waals surface area (Å²) >= 11 is 0. The highest BCUT2D eigenvalue weighted by molar-refractivity contribution is 6.76. The Bertz CT molecular complexity index is 1250. The normalized spacial score (nSPS) is 12.3. The first-order valence-corrected chi connectivity index (χ1v) is 13.8. The van der Waals surface area contributed by atoms with E-state index in [1.165, 1.54) is 36.0 Å². The van der Waals surface area contributed by atoms with Crippen LogP contribution in [0.15, 0.2) is 35.3 Å². The van der Waals surface area contributed by atoms with Gasteiger partial charge in [-0.2, -0.15) is 13.2 Å². The zero-order chi connectivity index (χ0) is 24.6. The predicted molar refractivity (Wildman–Crippen MR) is 121 cm³/mol. The van der Waals surface area contributed by atoms with Crippen LogP contribution in [0, 0.1) is 0 Å². The SMILES string of the molecule is Cn1c(C(F)(F)F)cc(=O)c2ccc(Nc3nc(C(=O)O)cn3COCC[Si](C)(C)C)cc21. The van der Waals surface area contributed by atoms with Crippen molar-refractivity contribution in [3.8, 4) is 0 Å². The quantitative estimate of drug-likeness (QED) is 0.362. The molecule has 3 rings (SSSR count). The van der Waals surface area contributed by atoms with Crippen molar-refractivity contribution < 1.29 is 27.8 Å². The van der Waals surface area contributed by atoms with Gasteiger partial charge in [0, 0.05) is 45.1 Å². The molecule has 33 heavy (non-hydrogen) atoms. The number of halogens is 3. The summed E-state index contributed by atoms with van der Waals surface area (Å²) in [6.45, 7) is 7.19. The first-order chi connectivity index (χ1) is 15.3. The van der Waals surface area contributed by atoms with Crippen LogP contribution in [0.3, 0.4) is 0 Å². The highest BCUT2D eigenvalue weighted by Crippen LogP contribution is 2.30. The van der Waals surface area contributed by atoms with Crippen LogP contribution in [-0.4, -0.2) is 39.9 Å². The van der Waals surface area contributed by atoms with Crippen LogP contribution >= 0.6 is 0 Å². The molecule has 2 N–H and O–H groups in total. The number of benzene rings is 1. The highest BCUT2D eigenvalue weighted by atomic mass is 28.3. The number of fused-ring (bicyclic) bond motifs is 1. The van der Waals surface area contributed by atoms with E-state index >= 15 is 0 Å². The zero-order valence-corrected chi connectivity index (χ0v) is 19.7. The number of aryl methyl sites for hydroxylation is 1. The van der Waals surface area contributed by atoms with E-state index in [0.717, 1.165) is 10.6 Å². The molecule has 0 radical (unpaired) electrons. The molecule has 0 unspecified atom stereocenters.